The van der Waals surface area contributed by atoms with Gasteiger partial charge in [0.2, 0.25) is 0 Å². The van der Waals surface area contributed by atoms with E-state index < -0.39 is 0 Å². The molecule has 0 amide bonds. The molecular formula is C8H17NO2. The molecule has 2 N–H and O–H groups in total. The minimum absolute atomic E-state index is 0.229. The number of hydrogen-bond donors (Lipinski definition) is 2. The van der Waals surface area contributed by atoms with Gasteiger partial charge in [-0.3, -0.25) is 4.90 Å². The normalized spacial score (nSPS) is 29.2. The zero-order chi connectivity index (χ0) is 8.27. The number of likely N-dealkylation sites (tertiary alicyclic amines) is 1. The molecule has 1 fully saturated rings. The molecule has 66 valence electrons. The maximum atomic E-state index is 9.10. The maximum absolute atomic E-state index is 9.10. The van der Waals surface area contributed by atoms with Gasteiger partial charge in [-0.05, 0) is 26.3 Å². The standard InChI is InChI=1S/C8H17NO2/c1-7(11)5-9-4-2-3-8(9)6-10/h7-8,10-11H,2-6H2,1H3/t7?,8-/m1/s1. The first-order valence-electron chi connectivity index (χ1n) is 4.27. The summed E-state index contributed by atoms with van der Waals surface area (Å²) >= 11 is 0. The van der Waals surface area contributed by atoms with Crippen molar-refractivity contribution in [2.24, 2.45) is 0 Å². The van der Waals surface area contributed by atoms with Gasteiger partial charge in [0.25, 0.3) is 0 Å². The summed E-state index contributed by atoms with van der Waals surface area (Å²) in [6.45, 7) is 3.74. The first kappa shape index (κ1) is 8.97. The van der Waals surface area contributed by atoms with Crippen LogP contribution in [0.15, 0.2) is 0 Å². The Bertz CT molecular complexity index is 117. The Morgan fingerprint density at radius 2 is 2.36 bits per heavy atom. The summed E-state index contributed by atoms with van der Waals surface area (Å²) < 4.78 is 0. The van der Waals surface area contributed by atoms with Crippen molar-refractivity contribution in [3.63, 3.8) is 0 Å². The lowest BCUT2D eigenvalue weighted by Crippen LogP contribution is -2.37. The van der Waals surface area contributed by atoms with Gasteiger partial charge in [0.1, 0.15) is 0 Å². The van der Waals surface area contributed by atoms with Gasteiger partial charge in [0.05, 0.1) is 12.7 Å². The van der Waals surface area contributed by atoms with Gasteiger partial charge in [-0.2, -0.15) is 0 Å². The van der Waals surface area contributed by atoms with Crippen LogP contribution in [-0.2, 0) is 0 Å². The Balaban J connectivity index is 2.31. The number of aliphatic hydroxyl groups excluding tert-OH is 2. The molecule has 3 heteroatoms. The molecule has 1 aliphatic rings. The fourth-order valence-electron chi connectivity index (χ4n) is 1.68. The molecule has 0 aliphatic carbocycles. The van der Waals surface area contributed by atoms with Crippen molar-refractivity contribution in [2.45, 2.75) is 31.9 Å². The van der Waals surface area contributed by atoms with Crippen molar-refractivity contribution in [1.82, 2.24) is 4.90 Å². The SMILES string of the molecule is CC(O)CN1CCC[C@@H]1CO. The van der Waals surface area contributed by atoms with Crippen LogP contribution in [0.25, 0.3) is 0 Å². The van der Waals surface area contributed by atoms with E-state index in [1.54, 1.807) is 6.92 Å². The largest absolute Gasteiger partial charge is 0.395 e. The second kappa shape index (κ2) is 4.04. The number of hydrogen-bond acceptors (Lipinski definition) is 3. The topological polar surface area (TPSA) is 43.7 Å². The van der Waals surface area contributed by atoms with Crippen LogP contribution in [-0.4, -0.2) is 47.0 Å². The van der Waals surface area contributed by atoms with E-state index in [-0.39, 0.29) is 12.7 Å². The lowest BCUT2D eigenvalue weighted by atomic mass is 10.2. The molecule has 2 atom stereocenters. The van der Waals surface area contributed by atoms with Gasteiger partial charge in [0.15, 0.2) is 0 Å². The monoisotopic (exact) mass is 159 g/mol. The van der Waals surface area contributed by atoms with Crippen molar-refractivity contribution < 1.29 is 10.2 Å². The van der Waals surface area contributed by atoms with E-state index in [1.165, 1.54) is 0 Å². The summed E-state index contributed by atoms with van der Waals surface area (Å²) in [5.41, 5.74) is 0. The molecule has 0 radical (unpaired) electrons. The molecule has 0 bridgehead atoms. The molecule has 11 heavy (non-hydrogen) atoms. The molecule has 1 rings (SSSR count). The second-order valence-electron chi connectivity index (χ2n) is 3.32. The number of rotatable bonds is 3. The Morgan fingerprint density at radius 3 is 2.91 bits per heavy atom. The Labute approximate surface area is 67.6 Å². The average Bonchev–Trinajstić information content (AvgIpc) is 2.34. The summed E-state index contributed by atoms with van der Waals surface area (Å²) in [7, 11) is 0. The molecule has 0 aromatic rings. The zero-order valence-corrected chi connectivity index (χ0v) is 7.03. The lowest BCUT2D eigenvalue weighted by Gasteiger charge is -2.23. The van der Waals surface area contributed by atoms with Gasteiger partial charge in [-0.15, -0.1) is 0 Å². The van der Waals surface area contributed by atoms with Gasteiger partial charge in [-0.25, -0.2) is 0 Å². The Hall–Kier alpha value is -0.120. The summed E-state index contributed by atoms with van der Waals surface area (Å²) in [6, 6.07) is 0.296. The van der Waals surface area contributed by atoms with Crippen LogP contribution >= 0.6 is 0 Å². The third kappa shape index (κ3) is 2.43. The van der Waals surface area contributed by atoms with Crippen molar-refractivity contribution in [1.29, 1.82) is 0 Å². The van der Waals surface area contributed by atoms with Gasteiger partial charge in [0, 0.05) is 12.6 Å². The highest BCUT2D eigenvalue weighted by Gasteiger charge is 2.23. The predicted octanol–water partition coefficient (Wildman–Crippen LogP) is -0.176. The molecule has 1 saturated heterocycles. The molecule has 1 aliphatic heterocycles. The van der Waals surface area contributed by atoms with Crippen LogP contribution in [0.2, 0.25) is 0 Å². The molecule has 0 aromatic carbocycles. The van der Waals surface area contributed by atoms with Gasteiger partial charge >= 0.3 is 0 Å². The first-order valence-corrected chi connectivity index (χ1v) is 4.27. The van der Waals surface area contributed by atoms with Crippen LogP contribution < -0.4 is 0 Å². The van der Waals surface area contributed by atoms with Crippen molar-refractivity contribution in [3.05, 3.63) is 0 Å². The third-order valence-electron chi connectivity index (χ3n) is 2.21. The molecule has 0 spiro atoms. The molecule has 1 heterocycles. The number of aliphatic hydroxyl groups is 2. The minimum Gasteiger partial charge on any atom is -0.395 e. The number of β-amino-alcohol motifs (C(OH)–C–C–N with tert-alkyl or cyclic N) is 1. The van der Waals surface area contributed by atoms with E-state index >= 15 is 0 Å². The van der Waals surface area contributed by atoms with E-state index in [4.69, 9.17) is 10.2 Å². The van der Waals surface area contributed by atoms with Crippen LogP contribution in [0.5, 0.6) is 0 Å². The predicted molar refractivity (Wildman–Crippen MR) is 43.4 cm³/mol. The zero-order valence-electron chi connectivity index (χ0n) is 7.03. The molecule has 0 aromatic heterocycles. The van der Waals surface area contributed by atoms with E-state index in [0.29, 0.717) is 12.6 Å². The van der Waals surface area contributed by atoms with Crippen LogP contribution in [0, 0.1) is 0 Å². The van der Waals surface area contributed by atoms with Crippen molar-refractivity contribution >= 4 is 0 Å². The van der Waals surface area contributed by atoms with Gasteiger partial charge < -0.3 is 10.2 Å². The Kier molecular flexibility index (Phi) is 3.30. The molecule has 1 unspecified atom stereocenters. The highest BCUT2D eigenvalue weighted by Crippen LogP contribution is 2.16. The molecular weight excluding hydrogens is 142 g/mol. The second-order valence-corrected chi connectivity index (χ2v) is 3.32. The van der Waals surface area contributed by atoms with E-state index in [2.05, 4.69) is 4.90 Å². The molecule has 3 nitrogen and oxygen atoms in total. The fourth-order valence-corrected chi connectivity index (χ4v) is 1.68. The quantitative estimate of drug-likeness (QED) is 0.600. The summed E-state index contributed by atoms with van der Waals surface area (Å²) in [6.07, 6.45) is 1.95. The van der Waals surface area contributed by atoms with Gasteiger partial charge in [-0.1, -0.05) is 0 Å². The summed E-state index contributed by atoms with van der Waals surface area (Å²) in [4.78, 5) is 2.16. The first-order chi connectivity index (χ1) is 5.24. The summed E-state index contributed by atoms with van der Waals surface area (Å²) in [5, 5.41) is 18.0. The Morgan fingerprint density at radius 1 is 1.64 bits per heavy atom. The highest BCUT2D eigenvalue weighted by atomic mass is 16.3. The maximum Gasteiger partial charge on any atom is 0.0639 e. The average molecular weight is 159 g/mol. The number of nitrogens with zero attached hydrogens (tertiary/aromatic N) is 1. The lowest BCUT2D eigenvalue weighted by molar-refractivity contribution is 0.0948. The van der Waals surface area contributed by atoms with Crippen molar-refractivity contribution in [3.8, 4) is 0 Å². The fraction of sp³-hybridized carbons (Fsp3) is 1.00. The van der Waals surface area contributed by atoms with Crippen LogP contribution in [0.4, 0.5) is 0 Å². The minimum atomic E-state index is -0.276. The van der Waals surface area contributed by atoms with Crippen molar-refractivity contribution in [2.75, 3.05) is 19.7 Å². The van der Waals surface area contributed by atoms with E-state index in [9.17, 15) is 0 Å². The van der Waals surface area contributed by atoms with E-state index in [0.717, 1.165) is 19.4 Å². The van der Waals surface area contributed by atoms with E-state index in [1.807, 2.05) is 0 Å². The van der Waals surface area contributed by atoms with Crippen LogP contribution in [0.1, 0.15) is 19.8 Å². The summed E-state index contributed by atoms with van der Waals surface area (Å²) in [5.74, 6) is 0. The smallest absolute Gasteiger partial charge is 0.0639 e. The highest BCUT2D eigenvalue weighted by molar-refractivity contribution is 4.79. The molecule has 0 saturated carbocycles. The van der Waals surface area contributed by atoms with Crippen LogP contribution in [0.3, 0.4) is 0 Å². The third-order valence-corrected chi connectivity index (χ3v) is 2.21.